The molecule has 3 rings (SSSR count). The lowest BCUT2D eigenvalue weighted by Crippen LogP contribution is -2.28. The summed E-state index contributed by atoms with van der Waals surface area (Å²) >= 11 is 5.96. The zero-order valence-corrected chi connectivity index (χ0v) is 20.0. The molecule has 0 aliphatic rings. The van der Waals surface area contributed by atoms with Crippen LogP contribution in [0.25, 0.3) is 0 Å². The van der Waals surface area contributed by atoms with Gasteiger partial charge in [-0.25, -0.2) is 9.19 Å². The van der Waals surface area contributed by atoms with E-state index in [1.54, 1.807) is 24.3 Å². The number of alkyl halides is 3. The Morgan fingerprint density at radius 2 is 1.94 bits per heavy atom. The second-order valence-electron chi connectivity index (χ2n) is 7.18. The number of halogens is 4. The zero-order valence-electron chi connectivity index (χ0n) is 18.4. The molecule has 0 aliphatic carbocycles. The van der Waals surface area contributed by atoms with E-state index in [9.17, 15) is 22.2 Å². The average molecular weight is 531 g/mol. The summed E-state index contributed by atoms with van der Waals surface area (Å²) in [5.74, 6) is -0.928. The molecule has 188 valence electrons. The smallest absolute Gasteiger partial charge is 0.406 e. The summed E-state index contributed by atoms with van der Waals surface area (Å²) in [6, 6.07) is 11.5. The van der Waals surface area contributed by atoms with Crippen LogP contribution in [0.5, 0.6) is 5.75 Å². The molecule has 2 aromatic carbocycles. The summed E-state index contributed by atoms with van der Waals surface area (Å²) in [7, 11) is -0.540. The van der Waals surface area contributed by atoms with Gasteiger partial charge in [0.25, 0.3) is 5.91 Å². The molecule has 3 N–H and O–H groups in total. The van der Waals surface area contributed by atoms with Crippen molar-refractivity contribution in [2.75, 3.05) is 25.5 Å². The van der Waals surface area contributed by atoms with Crippen molar-refractivity contribution < 1.29 is 32.0 Å². The maximum Gasteiger partial charge on any atom is 0.573 e. The molecule has 0 saturated carbocycles. The van der Waals surface area contributed by atoms with Gasteiger partial charge in [0, 0.05) is 25.2 Å². The Morgan fingerprint density at radius 3 is 2.57 bits per heavy atom. The summed E-state index contributed by atoms with van der Waals surface area (Å²) in [6.07, 6.45) is -4.58. The molecule has 3 aromatic rings. The number of amides is 1. The number of hydrogen-bond donors (Lipinski definition) is 3. The van der Waals surface area contributed by atoms with Gasteiger partial charge in [-0.1, -0.05) is 29.8 Å². The predicted octanol–water partition coefficient (Wildman–Crippen LogP) is 3.80. The number of nitrogens with one attached hydrogen (secondary N) is 2. The van der Waals surface area contributed by atoms with Gasteiger partial charge in [0.1, 0.15) is 16.5 Å². The van der Waals surface area contributed by atoms with Gasteiger partial charge in [0.05, 0.1) is 11.4 Å². The molecular formula is C22H22ClF3N4O4S. The summed E-state index contributed by atoms with van der Waals surface area (Å²) < 4.78 is 56.8. The number of ether oxygens (including phenoxy) is 1. The van der Waals surface area contributed by atoms with Crippen molar-refractivity contribution in [3.63, 3.8) is 0 Å². The minimum absolute atomic E-state index is 0.00370. The lowest BCUT2D eigenvalue weighted by molar-refractivity contribution is -0.274. The van der Waals surface area contributed by atoms with E-state index in [1.807, 2.05) is 0 Å². The van der Waals surface area contributed by atoms with E-state index in [0.29, 0.717) is 17.0 Å². The molecule has 1 atom stereocenters. The van der Waals surface area contributed by atoms with Crippen molar-refractivity contribution in [2.45, 2.75) is 29.4 Å². The van der Waals surface area contributed by atoms with E-state index in [-0.39, 0.29) is 41.3 Å². The second kappa shape index (κ2) is 11.6. The van der Waals surface area contributed by atoms with Gasteiger partial charge in [-0.3, -0.25) is 4.79 Å². The Balaban J connectivity index is 2.07. The van der Waals surface area contributed by atoms with E-state index in [4.69, 9.17) is 16.7 Å². The number of rotatable bonds is 10. The first kappa shape index (κ1) is 26.5. The van der Waals surface area contributed by atoms with Crippen LogP contribution in [-0.4, -0.2) is 51.3 Å². The minimum atomic E-state index is -4.91. The Morgan fingerprint density at radius 1 is 1.23 bits per heavy atom. The van der Waals surface area contributed by atoms with Gasteiger partial charge < -0.3 is 25.0 Å². The van der Waals surface area contributed by atoms with Crippen molar-refractivity contribution in [3.8, 4) is 5.75 Å². The average Bonchev–Trinajstić information content (AvgIpc) is 3.17. The number of nitrogens with zero attached hydrogens (tertiary/aromatic N) is 2. The lowest BCUT2D eigenvalue weighted by atomic mass is 10.2. The van der Waals surface area contributed by atoms with Crippen molar-refractivity contribution >= 4 is 34.1 Å². The monoisotopic (exact) mass is 530 g/mol. The number of hydrogen-bond acceptors (Lipinski definition) is 6. The Bertz CT molecular complexity index is 1200. The first-order chi connectivity index (χ1) is 16.6. The summed E-state index contributed by atoms with van der Waals surface area (Å²) in [6.45, 7) is 0.156. The molecule has 0 bridgehead atoms. The van der Waals surface area contributed by atoms with E-state index in [0.717, 1.165) is 12.1 Å². The minimum Gasteiger partial charge on any atom is -0.406 e. The first-order valence-electron chi connectivity index (χ1n) is 10.3. The molecule has 13 heteroatoms. The molecule has 0 aliphatic heterocycles. The lowest BCUT2D eigenvalue weighted by Gasteiger charge is -2.13. The van der Waals surface area contributed by atoms with Crippen molar-refractivity contribution in [1.82, 2.24) is 14.9 Å². The normalized spacial score (nSPS) is 12.3. The molecule has 1 amide bonds. The molecule has 1 heterocycles. The largest absolute Gasteiger partial charge is 0.573 e. The van der Waals surface area contributed by atoms with Crippen LogP contribution in [0.4, 0.5) is 19.0 Å². The van der Waals surface area contributed by atoms with Crippen LogP contribution >= 0.6 is 11.6 Å². The van der Waals surface area contributed by atoms with Crippen LogP contribution in [0, 0.1) is 0 Å². The maximum absolute atomic E-state index is 13.5. The summed E-state index contributed by atoms with van der Waals surface area (Å²) in [5.41, 5.74) is 0.790. The van der Waals surface area contributed by atoms with Crippen LogP contribution in [0.2, 0.25) is 5.02 Å². The number of anilines is 1. The van der Waals surface area contributed by atoms with Gasteiger partial charge in [-0.2, -0.15) is 0 Å². The highest BCUT2D eigenvalue weighted by molar-refractivity contribution is 7.85. The standard InChI is InChI=1S/C22H22ClF3N4O4S/c1-27-19-18(20(32)28-10-3-11-31)30(13-14-6-8-15(23)9-7-14)21(29-19)35(33)17-5-2-4-16(12-17)34-22(24,25)26/h2,4-9,12,27,31H,3,10-11,13H2,1H3,(H,28,32). The Hall–Kier alpha value is -3.09. The fourth-order valence-electron chi connectivity index (χ4n) is 3.15. The molecule has 0 saturated heterocycles. The third kappa shape index (κ3) is 6.96. The van der Waals surface area contributed by atoms with Crippen LogP contribution in [0.1, 0.15) is 22.5 Å². The molecule has 35 heavy (non-hydrogen) atoms. The van der Waals surface area contributed by atoms with Gasteiger partial charge in [-0.05, 0) is 42.3 Å². The van der Waals surface area contributed by atoms with Gasteiger partial charge >= 0.3 is 6.36 Å². The maximum atomic E-state index is 13.5. The summed E-state index contributed by atoms with van der Waals surface area (Å²) in [4.78, 5) is 17.3. The number of aliphatic hydroxyl groups excluding tert-OH is 1. The second-order valence-corrected chi connectivity index (χ2v) is 8.99. The third-order valence-corrected chi connectivity index (χ3v) is 6.26. The molecular weight excluding hydrogens is 509 g/mol. The fourth-order valence-corrected chi connectivity index (χ4v) is 4.45. The Labute approximate surface area is 206 Å². The molecule has 0 spiro atoms. The van der Waals surface area contributed by atoms with E-state index in [1.165, 1.54) is 23.7 Å². The van der Waals surface area contributed by atoms with Crippen LogP contribution in [0.3, 0.4) is 0 Å². The topological polar surface area (TPSA) is 105 Å². The van der Waals surface area contributed by atoms with E-state index >= 15 is 0 Å². The highest BCUT2D eigenvalue weighted by Crippen LogP contribution is 2.28. The SMILES string of the molecule is CNc1nc(S(=O)c2cccc(OC(F)(F)F)c2)n(Cc2ccc(Cl)cc2)c1C(=O)NCCCO. The number of carbonyl (C=O) groups is 1. The van der Waals surface area contributed by atoms with Gasteiger partial charge in [-0.15, -0.1) is 13.2 Å². The number of carbonyl (C=O) groups excluding carboxylic acids is 1. The molecule has 1 unspecified atom stereocenters. The highest BCUT2D eigenvalue weighted by atomic mass is 35.5. The quantitative estimate of drug-likeness (QED) is 0.344. The van der Waals surface area contributed by atoms with E-state index in [2.05, 4.69) is 20.4 Å². The predicted molar refractivity (Wildman–Crippen MR) is 124 cm³/mol. The van der Waals surface area contributed by atoms with Crippen molar-refractivity contribution in [1.29, 1.82) is 0 Å². The van der Waals surface area contributed by atoms with Crippen LogP contribution < -0.4 is 15.4 Å². The number of benzene rings is 2. The number of aromatic nitrogens is 2. The Kier molecular flexibility index (Phi) is 8.76. The van der Waals surface area contributed by atoms with Crippen molar-refractivity contribution in [3.05, 3.63) is 64.8 Å². The fraction of sp³-hybridized carbons (Fsp3) is 0.273. The molecule has 0 fully saturated rings. The number of imidazole rings is 1. The van der Waals surface area contributed by atoms with Gasteiger partial charge in [0.2, 0.25) is 5.16 Å². The van der Waals surface area contributed by atoms with Gasteiger partial charge in [0.15, 0.2) is 11.5 Å². The van der Waals surface area contributed by atoms with Crippen LogP contribution in [-0.2, 0) is 17.3 Å². The zero-order chi connectivity index (χ0) is 25.6. The highest BCUT2D eigenvalue weighted by Gasteiger charge is 2.32. The molecule has 8 nitrogen and oxygen atoms in total. The molecule has 0 radical (unpaired) electrons. The first-order valence-corrected chi connectivity index (χ1v) is 11.8. The third-order valence-electron chi connectivity index (χ3n) is 4.68. The number of aliphatic hydroxyl groups is 1. The van der Waals surface area contributed by atoms with Crippen molar-refractivity contribution in [2.24, 2.45) is 0 Å². The summed E-state index contributed by atoms with van der Waals surface area (Å²) in [5, 5.41) is 14.9. The van der Waals surface area contributed by atoms with Crippen LogP contribution in [0.15, 0.2) is 58.6 Å². The molecule has 1 aromatic heterocycles. The van der Waals surface area contributed by atoms with E-state index < -0.39 is 28.8 Å².